The summed E-state index contributed by atoms with van der Waals surface area (Å²) in [6.45, 7) is 7.50. The lowest BCUT2D eigenvalue weighted by atomic mass is 9.89. The van der Waals surface area contributed by atoms with Crippen LogP contribution in [0.25, 0.3) is 0 Å². The van der Waals surface area contributed by atoms with Gasteiger partial charge in [-0.15, -0.1) is 0 Å². The first kappa shape index (κ1) is 6.66. The van der Waals surface area contributed by atoms with Crippen molar-refractivity contribution in [1.29, 1.82) is 0 Å². The van der Waals surface area contributed by atoms with Gasteiger partial charge in [-0.2, -0.15) is 0 Å². The average molecular weight is 139 g/mol. The van der Waals surface area contributed by atoms with Crippen LogP contribution in [0.15, 0.2) is 0 Å². The maximum absolute atomic E-state index is 2.67. The summed E-state index contributed by atoms with van der Waals surface area (Å²) < 4.78 is 0. The van der Waals surface area contributed by atoms with Gasteiger partial charge in [0.05, 0.1) is 0 Å². The summed E-state index contributed by atoms with van der Waals surface area (Å²) in [5.41, 5.74) is 0.616. The largest absolute Gasteiger partial charge is 0.300 e. The van der Waals surface area contributed by atoms with Gasteiger partial charge < -0.3 is 0 Å². The number of nitrogens with zero attached hydrogens (tertiary/aromatic N) is 1. The lowest BCUT2D eigenvalue weighted by Crippen LogP contribution is -2.23. The van der Waals surface area contributed by atoms with E-state index in [4.69, 9.17) is 0 Å². The van der Waals surface area contributed by atoms with E-state index < -0.39 is 0 Å². The molecule has 1 nitrogen and oxygen atoms in total. The smallest absolute Gasteiger partial charge is 0.0101 e. The SMILES string of the molecule is CC1(C)CC2CCCN2C1. The minimum Gasteiger partial charge on any atom is -0.300 e. The third kappa shape index (κ3) is 0.968. The summed E-state index contributed by atoms with van der Waals surface area (Å²) in [7, 11) is 0. The van der Waals surface area contributed by atoms with Crippen LogP contribution in [-0.2, 0) is 0 Å². The van der Waals surface area contributed by atoms with Gasteiger partial charge in [-0.05, 0) is 31.2 Å². The van der Waals surface area contributed by atoms with Gasteiger partial charge in [-0.1, -0.05) is 13.8 Å². The van der Waals surface area contributed by atoms with Crippen molar-refractivity contribution in [2.75, 3.05) is 13.1 Å². The Bertz CT molecular complexity index is 126. The first-order chi connectivity index (χ1) is 4.67. The van der Waals surface area contributed by atoms with Crippen molar-refractivity contribution >= 4 is 0 Å². The van der Waals surface area contributed by atoms with Crippen molar-refractivity contribution in [2.45, 2.75) is 39.2 Å². The van der Waals surface area contributed by atoms with Crippen molar-refractivity contribution in [1.82, 2.24) is 4.90 Å². The predicted molar refractivity (Wildman–Crippen MR) is 43.0 cm³/mol. The van der Waals surface area contributed by atoms with Gasteiger partial charge in [0.2, 0.25) is 0 Å². The highest BCUT2D eigenvalue weighted by molar-refractivity contribution is 4.93. The van der Waals surface area contributed by atoms with Gasteiger partial charge in [0, 0.05) is 12.6 Å². The van der Waals surface area contributed by atoms with E-state index in [1.165, 1.54) is 32.4 Å². The van der Waals surface area contributed by atoms with E-state index in [0.29, 0.717) is 5.41 Å². The second-order valence-electron chi connectivity index (χ2n) is 4.63. The summed E-state index contributed by atoms with van der Waals surface area (Å²) in [5, 5.41) is 0. The molecule has 0 aromatic heterocycles. The molecule has 10 heavy (non-hydrogen) atoms. The number of hydrogen-bond acceptors (Lipinski definition) is 1. The second-order valence-corrected chi connectivity index (χ2v) is 4.63. The van der Waals surface area contributed by atoms with Gasteiger partial charge >= 0.3 is 0 Å². The third-order valence-electron chi connectivity index (χ3n) is 2.92. The Kier molecular flexibility index (Phi) is 1.31. The van der Waals surface area contributed by atoms with Crippen LogP contribution in [0.5, 0.6) is 0 Å². The van der Waals surface area contributed by atoms with Crippen molar-refractivity contribution in [3.63, 3.8) is 0 Å². The van der Waals surface area contributed by atoms with Crippen molar-refractivity contribution in [3.05, 3.63) is 0 Å². The molecule has 0 amide bonds. The fourth-order valence-corrected chi connectivity index (χ4v) is 2.59. The first-order valence-electron chi connectivity index (χ1n) is 4.41. The van der Waals surface area contributed by atoms with Crippen LogP contribution < -0.4 is 0 Å². The molecule has 0 radical (unpaired) electrons. The molecule has 0 aromatic rings. The second kappa shape index (κ2) is 1.97. The molecule has 1 unspecified atom stereocenters. The molecule has 0 N–H and O–H groups in total. The molecular weight excluding hydrogens is 122 g/mol. The van der Waals surface area contributed by atoms with E-state index in [1.807, 2.05) is 0 Å². The molecule has 2 saturated heterocycles. The van der Waals surface area contributed by atoms with Gasteiger partial charge in [-0.25, -0.2) is 0 Å². The van der Waals surface area contributed by atoms with Crippen LogP contribution >= 0.6 is 0 Å². The van der Waals surface area contributed by atoms with Crippen molar-refractivity contribution in [2.24, 2.45) is 5.41 Å². The summed E-state index contributed by atoms with van der Waals surface area (Å²) in [6.07, 6.45) is 4.34. The summed E-state index contributed by atoms with van der Waals surface area (Å²) in [6, 6.07) is 0.954. The van der Waals surface area contributed by atoms with E-state index in [-0.39, 0.29) is 0 Å². The molecule has 0 bridgehead atoms. The zero-order chi connectivity index (χ0) is 7.19. The van der Waals surface area contributed by atoms with Crippen LogP contribution in [0.2, 0.25) is 0 Å². The fourth-order valence-electron chi connectivity index (χ4n) is 2.59. The normalized spacial score (nSPS) is 38.4. The fraction of sp³-hybridized carbons (Fsp3) is 1.00. The van der Waals surface area contributed by atoms with E-state index in [0.717, 1.165) is 6.04 Å². The van der Waals surface area contributed by atoms with Crippen LogP contribution in [0.3, 0.4) is 0 Å². The number of hydrogen-bond donors (Lipinski definition) is 0. The maximum atomic E-state index is 2.67. The summed E-state index contributed by atoms with van der Waals surface area (Å²) in [5.74, 6) is 0. The average Bonchev–Trinajstić information content (AvgIpc) is 2.20. The third-order valence-corrected chi connectivity index (χ3v) is 2.92. The molecule has 0 aromatic carbocycles. The summed E-state index contributed by atoms with van der Waals surface area (Å²) >= 11 is 0. The summed E-state index contributed by atoms with van der Waals surface area (Å²) in [4.78, 5) is 2.67. The highest BCUT2D eigenvalue weighted by atomic mass is 15.2. The Balaban J connectivity index is 2.07. The van der Waals surface area contributed by atoms with Crippen LogP contribution in [0, 0.1) is 5.41 Å². The maximum Gasteiger partial charge on any atom is 0.0101 e. The Morgan fingerprint density at radius 3 is 2.90 bits per heavy atom. The van der Waals surface area contributed by atoms with Crippen LogP contribution in [-0.4, -0.2) is 24.0 Å². The highest BCUT2D eigenvalue weighted by Gasteiger charge is 2.39. The highest BCUT2D eigenvalue weighted by Crippen LogP contribution is 2.38. The number of fused-ring (bicyclic) bond motifs is 1. The monoisotopic (exact) mass is 139 g/mol. The van der Waals surface area contributed by atoms with E-state index in [2.05, 4.69) is 18.7 Å². The zero-order valence-corrected chi connectivity index (χ0v) is 7.06. The molecule has 2 aliphatic heterocycles. The molecule has 2 heterocycles. The Hall–Kier alpha value is -0.0400. The first-order valence-corrected chi connectivity index (χ1v) is 4.41. The number of rotatable bonds is 0. The molecule has 2 aliphatic rings. The topological polar surface area (TPSA) is 3.24 Å². The minimum absolute atomic E-state index is 0.616. The van der Waals surface area contributed by atoms with Crippen LogP contribution in [0.4, 0.5) is 0 Å². The Labute approximate surface area is 63.4 Å². The standard InChI is InChI=1S/C9H17N/c1-9(2)6-8-4-3-5-10(8)7-9/h8H,3-7H2,1-2H3. The van der Waals surface area contributed by atoms with Crippen LogP contribution in [0.1, 0.15) is 33.1 Å². The molecule has 0 saturated carbocycles. The molecule has 1 atom stereocenters. The van der Waals surface area contributed by atoms with Crippen molar-refractivity contribution < 1.29 is 0 Å². The predicted octanol–water partition coefficient (Wildman–Crippen LogP) is 1.88. The van der Waals surface area contributed by atoms with E-state index in [9.17, 15) is 0 Å². The van der Waals surface area contributed by atoms with E-state index in [1.54, 1.807) is 0 Å². The minimum atomic E-state index is 0.616. The molecule has 58 valence electrons. The quantitative estimate of drug-likeness (QED) is 0.495. The lowest BCUT2D eigenvalue weighted by Gasteiger charge is -2.17. The molecule has 2 fully saturated rings. The van der Waals surface area contributed by atoms with Gasteiger partial charge in [0.1, 0.15) is 0 Å². The Morgan fingerprint density at radius 2 is 2.20 bits per heavy atom. The van der Waals surface area contributed by atoms with Gasteiger partial charge in [0.25, 0.3) is 0 Å². The van der Waals surface area contributed by atoms with Crippen molar-refractivity contribution in [3.8, 4) is 0 Å². The van der Waals surface area contributed by atoms with Gasteiger partial charge in [-0.3, -0.25) is 4.90 Å². The molecule has 0 aliphatic carbocycles. The van der Waals surface area contributed by atoms with Gasteiger partial charge in [0.15, 0.2) is 0 Å². The molecule has 1 heteroatoms. The molecule has 0 spiro atoms. The lowest BCUT2D eigenvalue weighted by molar-refractivity contribution is 0.296. The molecule has 2 rings (SSSR count). The molecular formula is C9H17N. The zero-order valence-electron chi connectivity index (χ0n) is 7.06. The Morgan fingerprint density at radius 1 is 1.40 bits per heavy atom. The van der Waals surface area contributed by atoms with E-state index >= 15 is 0 Å².